The average Bonchev–Trinajstić information content (AvgIpc) is 2.34. The highest BCUT2D eigenvalue weighted by atomic mass is 16.4. The number of carboxylic acid groups (broad SMARTS) is 1. The quantitative estimate of drug-likeness (QED) is 0.530. The third-order valence-electron chi connectivity index (χ3n) is 2.99. The molecule has 0 aromatic rings. The van der Waals surface area contributed by atoms with Crippen molar-refractivity contribution in [2.45, 2.75) is 47.0 Å². The first-order chi connectivity index (χ1) is 8.49. The highest BCUT2D eigenvalue weighted by Crippen LogP contribution is 2.21. The number of carbonyl (C=O) groups excluding carboxylic acids is 1. The first-order valence-corrected chi connectivity index (χ1v) is 6.61. The average molecular weight is 252 g/mol. The lowest BCUT2D eigenvalue weighted by molar-refractivity contribution is -0.144. The van der Waals surface area contributed by atoms with E-state index in [4.69, 9.17) is 5.11 Å². The summed E-state index contributed by atoms with van der Waals surface area (Å²) in [4.78, 5) is 23.3. The zero-order valence-electron chi connectivity index (χ0n) is 11.8. The van der Waals surface area contributed by atoms with Gasteiger partial charge in [-0.25, -0.2) is 0 Å². The third-order valence-corrected chi connectivity index (χ3v) is 2.99. The summed E-state index contributed by atoms with van der Waals surface area (Å²) >= 11 is 0. The van der Waals surface area contributed by atoms with Gasteiger partial charge in [0.2, 0.25) is 0 Å². The van der Waals surface area contributed by atoms with Gasteiger partial charge in [0.15, 0.2) is 5.78 Å². The molecule has 2 atom stereocenters. The molecule has 1 N–H and O–H groups in total. The number of hydrogen-bond acceptors (Lipinski definition) is 2. The lowest BCUT2D eigenvalue weighted by Gasteiger charge is -2.16. The van der Waals surface area contributed by atoms with Gasteiger partial charge in [0, 0.05) is 5.92 Å². The molecule has 0 aliphatic carbocycles. The third kappa shape index (κ3) is 4.86. The molecule has 18 heavy (non-hydrogen) atoms. The standard InChI is InChI=1S/C15H24O3/c1-5-8-10-13(15(17)18)14(16)11(4)12(7-3)9-6-2/h8-11,13H,5-7H2,1-4H3,(H,17,18). The minimum atomic E-state index is -1.07. The Balaban J connectivity index is 5.02. The van der Waals surface area contributed by atoms with E-state index in [9.17, 15) is 9.59 Å². The second-order valence-electron chi connectivity index (χ2n) is 4.32. The van der Waals surface area contributed by atoms with Gasteiger partial charge in [0.1, 0.15) is 5.92 Å². The molecule has 102 valence electrons. The first kappa shape index (κ1) is 16.6. The maximum absolute atomic E-state index is 12.2. The van der Waals surface area contributed by atoms with Gasteiger partial charge >= 0.3 is 5.97 Å². The second kappa shape index (κ2) is 8.67. The Morgan fingerprint density at radius 3 is 2.17 bits per heavy atom. The largest absolute Gasteiger partial charge is 0.480 e. The van der Waals surface area contributed by atoms with Crippen molar-refractivity contribution in [3.8, 4) is 0 Å². The molecule has 0 aliphatic heterocycles. The molecule has 0 bridgehead atoms. The summed E-state index contributed by atoms with van der Waals surface area (Å²) in [5, 5.41) is 9.11. The van der Waals surface area contributed by atoms with Crippen LogP contribution in [0.5, 0.6) is 0 Å². The van der Waals surface area contributed by atoms with Crippen LogP contribution in [0.15, 0.2) is 23.8 Å². The van der Waals surface area contributed by atoms with E-state index in [1.54, 1.807) is 13.0 Å². The van der Waals surface area contributed by atoms with E-state index in [1.807, 2.05) is 26.8 Å². The van der Waals surface area contributed by atoms with Crippen molar-refractivity contribution in [2.75, 3.05) is 0 Å². The zero-order valence-corrected chi connectivity index (χ0v) is 11.8. The van der Waals surface area contributed by atoms with E-state index in [-0.39, 0.29) is 11.7 Å². The minimum absolute atomic E-state index is 0.228. The first-order valence-electron chi connectivity index (χ1n) is 6.61. The van der Waals surface area contributed by atoms with Crippen molar-refractivity contribution in [1.29, 1.82) is 0 Å². The highest BCUT2D eigenvalue weighted by molar-refractivity contribution is 6.02. The molecular formula is C15H24O3. The maximum atomic E-state index is 12.2. The highest BCUT2D eigenvalue weighted by Gasteiger charge is 2.28. The van der Waals surface area contributed by atoms with Gasteiger partial charge in [-0.1, -0.05) is 51.5 Å². The number of ketones is 1. The van der Waals surface area contributed by atoms with Crippen LogP contribution < -0.4 is 0 Å². The topological polar surface area (TPSA) is 54.4 Å². The number of rotatable bonds is 8. The summed E-state index contributed by atoms with van der Waals surface area (Å²) in [6, 6.07) is 0. The van der Waals surface area contributed by atoms with Crippen LogP contribution in [0.3, 0.4) is 0 Å². The van der Waals surface area contributed by atoms with Gasteiger partial charge in [-0.3, -0.25) is 9.59 Å². The normalized spacial score (nSPS) is 15.7. The molecule has 3 nitrogen and oxygen atoms in total. The van der Waals surface area contributed by atoms with Crippen LogP contribution in [-0.4, -0.2) is 16.9 Å². The Morgan fingerprint density at radius 2 is 1.78 bits per heavy atom. The Morgan fingerprint density at radius 1 is 1.17 bits per heavy atom. The summed E-state index contributed by atoms with van der Waals surface area (Å²) < 4.78 is 0. The lowest BCUT2D eigenvalue weighted by Crippen LogP contribution is -2.28. The second-order valence-corrected chi connectivity index (χ2v) is 4.32. The van der Waals surface area contributed by atoms with Gasteiger partial charge in [0.05, 0.1) is 0 Å². The molecule has 0 aliphatic rings. The molecule has 3 heteroatoms. The molecule has 0 amide bonds. The van der Waals surface area contributed by atoms with Crippen LogP contribution in [0, 0.1) is 11.8 Å². The Hall–Kier alpha value is -1.38. The number of aliphatic carboxylic acids is 1. The van der Waals surface area contributed by atoms with Gasteiger partial charge in [0.25, 0.3) is 0 Å². The summed E-state index contributed by atoms with van der Waals surface area (Å²) in [5.41, 5.74) is 1.03. The lowest BCUT2D eigenvalue weighted by atomic mass is 9.86. The molecule has 0 fully saturated rings. The van der Waals surface area contributed by atoms with Crippen molar-refractivity contribution in [3.05, 3.63) is 23.8 Å². The number of carboxylic acids is 1. The van der Waals surface area contributed by atoms with Gasteiger partial charge < -0.3 is 5.11 Å². The van der Waals surface area contributed by atoms with E-state index < -0.39 is 11.9 Å². The fraction of sp³-hybridized carbons (Fsp3) is 0.600. The van der Waals surface area contributed by atoms with Crippen LogP contribution in [0.1, 0.15) is 47.0 Å². The van der Waals surface area contributed by atoms with Gasteiger partial charge in [-0.05, 0) is 19.3 Å². The molecule has 0 aromatic carbocycles. The summed E-state index contributed by atoms with van der Waals surface area (Å²) in [6.07, 6.45) is 7.63. The van der Waals surface area contributed by atoms with Crippen molar-refractivity contribution >= 4 is 11.8 Å². The van der Waals surface area contributed by atoms with Crippen molar-refractivity contribution in [3.63, 3.8) is 0 Å². The predicted molar refractivity (Wildman–Crippen MR) is 73.4 cm³/mol. The molecule has 0 rings (SSSR count). The molecule has 0 aromatic heterocycles. The van der Waals surface area contributed by atoms with E-state index in [2.05, 4.69) is 0 Å². The Kier molecular flexibility index (Phi) is 8.01. The Labute approximate surface area is 110 Å². The SMILES string of the molecule is CCC=CC(C(=O)O)C(=O)C(C)C(=CCC)CC. The molecule has 0 heterocycles. The van der Waals surface area contributed by atoms with Crippen molar-refractivity contribution in [2.24, 2.45) is 11.8 Å². The van der Waals surface area contributed by atoms with E-state index in [0.29, 0.717) is 0 Å². The van der Waals surface area contributed by atoms with Crippen LogP contribution in [-0.2, 0) is 9.59 Å². The number of allylic oxidation sites excluding steroid dienone is 3. The van der Waals surface area contributed by atoms with Crippen molar-refractivity contribution in [1.82, 2.24) is 0 Å². The van der Waals surface area contributed by atoms with Crippen molar-refractivity contribution < 1.29 is 14.7 Å². The maximum Gasteiger partial charge on any atom is 0.317 e. The van der Waals surface area contributed by atoms with Crippen LogP contribution in [0.25, 0.3) is 0 Å². The fourth-order valence-electron chi connectivity index (χ4n) is 1.91. The molecular weight excluding hydrogens is 228 g/mol. The summed E-state index contributed by atoms with van der Waals surface area (Å²) in [7, 11) is 0. The van der Waals surface area contributed by atoms with Gasteiger partial charge in [-0.2, -0.15) is 0 Å². The summed E-state index contributed by atoms with van der Waals surface area (Å²) in [5.74, 6) is -2.64. The van der Waals surface area contributed by atoms with Crippen LogP contribution >= 0.6 is 0 Å². The molecule has 0 radical (unpaired) electrons. The minimum Gasteiger partial charge on any atom is -0.480 e. The monoisotopic (exact) mass is 252 g/mol. The van der Waals surface area contributed by atoms with E-state index >= 15 is 0 Å². The zero-order chi connectivity index (χ0) is 14.1. The van der Waals surface area contributed by atoms with Crippen LogP contribution in [0.2, 0.25) is 0 Å². The molecule has 0 spiro atoms. The smallest absolute Gasteiger partial charge is 0.317 e. The predicted octanol–water partition coefficient (Wildman–Crippen LogP) is 3.61. The Bertz CT molecular complexity index is 340. The molecule has 2 unspecified atom stereocenters. The number of Topliss-reactive ketones (excluding diaryl/α,β-unsaturated/α-hetero) is 1. The van der Waals surface area contributed by atoms with Gasteiger partial charge in [-0.15, -0.1) is 0 Å². The molecule has 0 saturated carbocycles. The summed E-state index contributed by atoms with van der Waals surface area (Å²) in [6.45, 7) is 7.71. The number of carbonyl (C=O) groups is 2. The molecule has 0 saturated heterocycles. The van der Waals surface area contributed by atoms with E-state index in [1.165, 1.54) is 6.08 Å². The van der Waals surface area contributed by atoms with Crippen LogP contribution in [0.4, 0.5) is 0 Å². The van der Waals surface area contributed by atoms with E-state index in [0.717, 1.165) is 24.8 Å². The number of hydrogen-bond donors (Lipinski definition) is 1. The fourth-order valence-corrected chi connectivity index (χ4v) is 1.91.